The number of anilines is 3. The molecule has 0 N–H and O–H groups in total. The third kappa shape index (κ3) is 4.38. The molecule has 0 saturated heterocycles. The summed E-state index contributed by atoms with van der Waals surface area (Å²) in [6.07, 6.45) is 0. The summed E-state index contributed by atoms with van der Waals surface area (Å²) in [7, 11) is 0. The number of rotatable bonds is 4. The molecule has 0 aliphatic heterocycles. The lowest BCUT2D eigenvalue weighted by atomic mass is 9.82. The Labute approximate surface area is 329 Å². The summed E-state index contributed by atoms with van der Waals surface area (Å²) < 4.78 is 5.15. The lowest BCUT2D eigenvalue weighted by molar-refractivity contribution is 0.660. The molecule has 12 rings (SSSR count). The van der Waals surface area contributed by atoms with Gasteiger partial charge in [0.15, 0.2) is 0 Å². The third-order valence-corrected chi connectivity index (χ3v) is 13.5. The van der Waals surface area contributed by atoms with Crippen LogP contribution in [0.3, 0.4) is 0 Å². The van der Waals surface area contributed by atoms with Gasteiger partial charge in [-0.15, -0.1) is 11.3 Å². The molecule has 1 aliphatic carbocycles. The first-order valence-corrected chi connectivity index (χ1v) is 20.3. The topological polar surface area (TPSA) is 8.17 Å². The summed E-state index contributed by atoms with van der Waals surface area (Å²) in [5, 5.41) is 10.3. The van der Waals surface area contributed by atoms with Gasteiger partial charge in [0, 0.05) is 54.4 Å². The molecule has 0 unspecified atom stereocenters. The van der Waals surface area contributed by atoms with Crippen molar-refractivity contribution >= 4 is 91.9 Å². The van der Waals surface area contributed by atoms with Crippen LogP contribution in [0.5, 0.6) is 0 Å². The molecular formula is C53H36N2S. The fraction of sp³-hybridized carbons (Fsp3) is 0.0566. The molecule has 1 aliphatic rings. The lowest BCUT2D eigenvalue weighted by Gasteiger charge is -2.28. The smallest absolute Gasteiger partial charge is 0.0726 e. The first-order chi connectivity index (χ1) is 27.5. The van der Waals surface area contributed by atoms with Crippen LogP contribution in [0, 0.1) is 0 Å². The molecule has 3 heteroatoms. The van der Waals surface area contributed by atoms with Crippen LogP contribution >= 0.6 is 11.3 Å². The van der Waals surface area contributed by atoms with E-state index in [9.17, 15) is 0 Å². The molecule has 2 aromatic heterocycles. The van der Waals surface area contributed by atoms with Crippen molar-refractivity contribution in [2.24, 2.45) is 0 Å². The Balaban J connectivity index is 1.18. The average molecular weight is 733 g/mol. The Kier molecular flexibility index (Phi) is 6.59. The van der Waals surface area contributed by atoms with Crippen molar-refractivity contribution in [3.8, 4) is 16.8 Å². The van der Waals surface area contributed by atoms with Gasteiger partial charge in [-0.1, -0.05) is 135 Å². The molecule has 0 amide bonds. The first kappa shape index (κ1) is 31.6. The van der Waals surface area contributed by atoms with Crippen LogP contribution in [0.2, 0.25) is 0 Å². The van der Waals surface area contributed by atoms with Gasteiger partial charge >= 0.3 is 0 Å². The fourth-order valence-electron chi connectivity index (χ4n) is 9.74. The molecule has 0 atom stereocenters. The molecule has 0 fully saturated rings. The highest BCUT2D eigenvalue weighted by molar-refractivity contribution is 7.27. The van der Waals surface area contributed by atoms with E-state index < -0.39 is 0 Å². The Morgan fingerprint density at radius 2 is 1.09 bits per heavy atom. The fourth-order valence-corrected chi connectivity index (χ4v) is 11.0. The number of para-hydroxylation sites is 1. The van der Waals surface area contributed by atoms with Crippen molar-refractivity contribution in [3.63, 3.8) is 0 Å². The van der Waals surface area contributed by atoms with E-state index in [-0.39, 0.29) is 5.41 Å². The van der Waals surface area contributed by atoms with Crippen molar-refractivity contribution in [2.45, 2.75) is 19.3 Å². The molecule has 264 valence electrons. The maximum absolute atomic E-state index is 2.51. The van der Waals surface area contributed by atoms with E-state index in [2.05, 4.69) is 205 Å². The van der Waals surface area contributed by atoms with Crippen LogP contribution < -0.4 is 4.90 Å². The number of aromatic nitrogens is 1. The zero-order valence-electron chi connectivity index (χ0n) is 31.1. The van der Waals surface area contributed by atoms with Gasteiger partial charge in [0.25, 0.3) is 0 Å². The molecule has 11 aromatic rings. The summed E-state index contributed by atoms with van der Waals surface area (Å²) in [5.41, 5.74) is 12.4. The van der Waals surface area contributed by atoms with Crippen LogP contribution in [-0.2, 0) is 5.41 Å². The van der Waals surface area contributed by atoms with Crippen LogP contribution in [-0.4, -0.2) is 4.57 Å². The van der Waals surface area contributed by atoms with E-state index in [1.54, 1.807) is 0 Å². The maximum Gasteiger partial charge on any atom is 0.0726 e. The van der Waals surface area contributed by atoms with E-state index in [4.69, 9.17) is 0 Å². The molecule has 0 radical (unpaired) electrons. The Bertz CT molecular complexity index is 3400. The molecule has 0 saturated carbocycles. The Morgan fingerprint density at radius 1 is 0.464 bits per heavy atom. The van der Waals surface area contributed by atoms with Gasteiger partial charge in [0.2, 0.25) is 0 Å². The van der Waals surface area contributed by atoms with Gasteiger partial charge in [-0.3, -0.25) is 0 Å². The second kappa shape index (κ2) is 11.7. The van der Waals surface area contributed by atoms with Crippen molar-refractivity contribution in [1.29, 1.82) is 0 Å². The Morgan fingerprint density at radius 3 is 1.95 bits per heavy atom. The molecule has 0 spiro atoms. The summed E-state index contributed by atoms with van der Waals surface area (Å²) in [6, 6.07) is 67.5. The monoisotopic (exact) mass is 732 g/mol. The molecule has 56 heavy (non-hydrogen) atoms. The predicted octanol–water partition coefficient (Wildman–Crippen LogP) is 15.2. The molecular weight excluding hydrogens is 697 g/mol. The number of fused-ring (bicyclic) bond motifs is 14. The zero-order chi connectivity index (χ0) is 37.1. The average Bonchev–Trinajstić information content (AvgIpc) is 3.87. The van der Waals surface area contributed by atoms with E-state index in [0.29, 0.717) is 0 Å². The van der Waals surface area contributed by atoms with Crippen molar-refractivity contribution in [3.05, 3.63) is 193 Å². The van der Waals surface area contributed by atoms with Crippen LogP contribution in [0.15, 0.2) is 182 Å². The Hall–Kier alpha value is -6.68. The second-order valence-electron chi connectivity index (χ2n) is 15.7. The normalized spacial score (nSPS) is 13.3. The maximum atomic E-state index is 2.51. The number of thiophene rings is 1. The van der Waals surface area contributed by atoms with Crippen LogP contribution in [0.25, 0.3) is 80.3 Å². The highest BCUT2D eigenvalue weighted by Gasteiger charge is 2.36. The summed E-state index contributed by atoms with van der Waals surface area (Å²) in [5.74, 6) is 0. The first-order valence-electron chi connectivity index (χ1n) is 19.4. The van der Waals surface area contributed by atoms with Gasteiger partial charge in [0.1, 0.15) is 0 Å². The molecule has 2 heterocycles. The van der Waals surface area contributed by atoms with E-state index in [0.717, 1.165) is 17.1 Å². The zero-order valence-corrected chi connectivity index (χ0v) is 31.9. The van der Waals surface area contributed by atoms with Gasteiger partial charge in [0.05, 0.1) is 15.7 Å². The second-order valence-corrected chi connectivity index (χ2v) is 16.8. The minimum absolute atomic E-state index is 0.113. The van der Waals surface area contributed by atoms with Gasteiger partial charge in [-0.05, 0) is 104 Å². The van der Waals surface area contributed by atoms with Crippen molar-refractivity contribution < 1.29 is 0 Å². The van der Waals surface area contributed by atoms with Gasteiger partial charge in [-0.2, -0.15) is 0 Å². The van der Waals surface area contributed by atoms with Crippen molar-refractivity contribution in [2.75, 3.05) is 4.90 Å². The highest BCUT2D eigenvalue weighted by Crippen LogP contribution is 2.52. The minimum Gasteiger partial charge on any atom is -0.310 e. The van der Waals surface area contributed by atoms with Crippen molar-refractivity contribution in [1.82, 2.24) is 4.57 Å². The SMILES string of the molecule is CC1(C)c2ccccc2-c2ccc(N(c3ccc4ccccc4c3)c3ccc4c(c3)c3c5ccccc5c5c6ccccc6sc5c3n4-c3ccccc3)cc21. The third-order valence-electron chi connectivity index (χ3n) is 12.3. The summed E-state index contributed by atoms with van der Waals surface area (Å²) >= 11 is 1.91. The van der Waals surface area contributed by atoms with Gasteiger partial charge < -0.3 is 9.47 Å². The van der Waals surface area contributed by atoms with Gasteiger partial charge in [-0.25, -0.2) is 0 Å². The quantitative estimate of drug-likeness (QED) is 0.175. The number of benzene rings is 9. The number of nitrogens with zero attached hydrogens (tertiary/aromatic N) is 2. The molecule has 0 bridgehead atoms. The largest absolute Gasteiger partial charge is 0.310 e. The minimum atomic E-state index is -0.113. The van der Waals surface area contributed by atoms with E-state index in [1.807, 2.05) is 11.3 Å². The molecule has 2 nitrogen and oxygen atoms in total. The summed E-state index contributed by atoms with van der Waals surface area (Å²) in [6.45, 7) is 4.73. The van der Waals surface area contributed by atoms with Crippen LogP contribution in [0.1, 0.15) is 25.0 Å². The standard InChI is InChI=1S/C53H36N2S/c1-53(2)45-22-12-10-18-39(45)40-28-26-38(32-46(40)53)54(36-25-24-33-14-6-7-15-34(33)30-36)37-27-29-47-44(31-37)49-41-19-8-9-20-42(41)50-43-21-11-13-23-48(43)56-52(50)51(49)55(47)35-16-4-3-5-17-35/h3-32H,1-2H3. The lowest BCUT2D eigenvalue weighted by Crippen LogP contribution is -2.16. The van der Waals surface area contributed by atoms with Crippen LogP contribution in [0.4, 0.5) is 17.1 Å². The highest BCUT2D eigenvalue weighted by atomic mass is 32.1. The van der Waals surface area contributed by atoms with E-state index in [1.165, 1.54) is 91.5 Å². The number of hydrogen-bond donors (Lipinski definition) is 0. The molecule has 9 aromatic carbocycles. The predicted molar refractivity (Wildman–Crippen MR) is 241 cm³/mol. The number of hydrogen-bond acceptors (Lipinski definition) is 2. The van der Waals surface area contributed by atoms with E-state index >= 15 is 0 Å². The summed E-state index contributed by atoms with van der Waals surface area (Å²) in [4.78, 5) is 2.47.